The molecule has 1 aliphatic heterocycles. The topological polar surface area (TPSA) is 84.9 Å². The lowest BCUT2D eigenvalue weighted by molar-refractivity contribution is -0.120. The molecule has 1 amide bonds. The summed E-state index contributed by atoms with van der Waals surface area (Å²) in [5.41, 5.74) is 0.790. The summed E-state index contributed by atoms with van der Waals surface area (Å²) in [5.74, 6) is 0.926. The van der Waals surface area contributed by atoms with Gasteiger partial charge in [0.15, 0.2) is 0 Å². The predicted molar refractivity (Wildman–Crippen MR) is 125 cm³/mol. The van der Waals surface area contributed by atoms with E-state index >= 15 is 0 Å². The number of ether oxygens (including phenoxy) is 2. The van der Waals surface area contributed by atoms with Crippen LogP contribution in [0.25, 0.3) is 0 Å². The van der Waals surface area contributed by atoms with Crippen molar-refractivity contribution in [2.45, 2.75) is 31.9 Å². The zero-order valence-corrected chi connectivity index (χ0v) is 20.3. The van der Waals surface area contributed by atoms with Gasteiger partial charge in [0.05, 0.1) is 25.1 Å². The molecule has 1 aliphatic rings. The van der Waals surface area contributed by atoms with Crippen molar-refractivity contribution in [1.82, 2.24) is 5.32 Å². The Hall–Kier alpha value is -2.01. The van der Waals surface area contributed by atoms with E-state index in [9.17, 15) is 13.2 Å². The number of nitrogens with zero attached hydrogens (tertiary/aromatic N) is 1. The van der Waals surface area contributed by atoms with Gasteiger partial charge < -0.3 is 14.8 Å². The Kier molecular flexibility index (Phi) is 6.51. The summed E-state index contributed by atoms with van der Waals surface area (Å²) in [5, 5.41) is 2.98. The maximum Gasteiger partial charge on any atom is 0.241 e. The Morgan fingerprint density at radius 3 is 2.53 bits per heavy atom. The maximum absolute atomic E-state index is 12.9. The van der Waals surface area contributed by atoms with Gasteiger partial charge in [0, 0.05) is 21.6 Å². The summed E-state index contributed by atoms with van der Waals surface area (Å²) in [6.07, 6.45) is 1.65. The SMILES string of the molecule is COc1ccc2c(c1)OC(C)(C)CC2NC(=O)CN(c1ccc(I)cc1)S(C)(=O)=O. The number of rotatable bonds is 6. The number of hydrogen-bond acceptors (Lipinski definition) is 5. The quantitative estimate of drug-likeness (QED) is 0.564. The van der Waals surface area contributed by atoms with Crippen LogP contribution in [0.1, 0.15) is 31.9 Å². The third kappa shape index (κ3) is 5.37. The summed E-state index contributed by atoms with van der Waals surface area (Å²) in [7, 11) is -2.05. The third-order valence-corrected chi connectivity index (χ3v) is 6.68. The molecule has 7 nitrogen and oxygen atoms in total. The smallest absolute Gasteiger partial charge is 0.241 e. The first-order chi connectivity index (χ1) is 14.0. The summed E-state index contributed by atoms with van der Waals surface area (Å²) < 4.78 is 38.1. The fourth-order valence-electron chi connectivity index (χ4n) is 3.47. The van der Waals surface area contributed by atoms with Crippen molar-refractivity contribution in [2.24, 2.45) is 0 Å². The number of carbonyl (C=O) groups excluding carboxylic acids is 1. The van der Waals surface area contributed by atoms with E-state index in [2.05, 4.69) is 27.9 Å². The molecule has 0 radical (unpaired) electrons. The van der Waals surface area contributed by atoms with Crippen molar-refractivity contribution >= 4 is 44.2 Å². The minimum absolute atomic E-state index is 0.303. The Morgan fingerprint density at radius 1 is 1.27 bits per heavy atom. The van der Waals surface area contributed by atoms with Crippen molar-refractivity contribution in [3.05, 3.63) is 51.6 Å². The lowest BCUT2D eigenvalue weighted by Crippen LogP contribution is -2.45. The largest absolute Gasteiger partial charge is 0.497 e. The normalized spacial score (nSPS) is 17.4. The Labute approximate surface area is 190 Å². The van der Waals surface area contributed by atoms with Gasteiger partial charge in [-0.05, 0) is 72.8 Å². The summed E-state index contributed by atoms with van der Waals surface area (Å²) >= 11 is 2.14. The van der Waals surface area contributed by atoms with Crippen molar-refractivity contribution in [3.63, 3.8) is 0 Å². The number of hydrogen-bond donors (Lipinski definition) is 1. The molecule has 1 N–H and O–H groups in total. The van der Waals surface area contributed by atoms with E-state index in [0.29, 0.717) is 23.6 Å². The lowest BCUT2D eigenvalue weighted by Gasteiger charge is -2.38. The van der Waals surface area contributed by atoms with Gasteiger partial charge in [0.25, 0.3) is 0 Å². The molecule has 1 atom stereocenters. The van der Waals surface area contributed by atoms with Crippen LogP contribution in [0.5, 0.6) is 11.5 Å². The summed E-state index contributed by atoms with van der Waals surface area (Å²) in [6.45, 7) is 3.59. The lowest BCUT2D eigenvalue weighted by atomic mass is 9.89. The molecule has 9 heteroatoms. The average Bonchev–Trinajstić information content (AvgIpc) is 2.64. The van der Waals surface area contributed by atoms with Crippen molar-refractivity contribution in [3.8, 4) is 11.5 Å². The number of halogens is 1. The third-order valence-electron chi connectivity index (χ3n) is 4.82. The van der Waals surface area contributed by atoms with Crippen molar-refractivity contribution in [2.75, 3.05) is 24.2 Å². The zero-order chi connectivity index (χ0) is 22.1. The summed E-state index contributed by atoms with van der Waals surface area (Å²) in [4.78, 5) is 12.9. The molecular formula is C21H25IN2O5S. The number of amides is 1. The van der Waals surface area contributed by atoms with E-state index in [4.69, 9.17) is 9.47 Å². The number of sulfonamides is 1. The van der Waals surface area contributed by atoms with Gasteiger partial charge in [-0.1, -0.05) is 0 Å². The van der Waals surface area contributed by atoms with Gasteiger partial charge in [0.2, 0.25) is 15.9 Å². The average molecular weight is 544 g/mol. The minimum Gasteiger partial charge on any atom is -0.497 e. The van der Waals surface area contributed by atoms with E-state index < -0.39 is 15.6 Å². The van der Waals surface area contributed by atoms with Gasteiger partial charge in [0.1, 0.15) is 23.6 Å². The van der Waals surface area contributed by atoms with Gasteiger partial charge >= 0.3 is 0 Å². The fraction of sp³-hybridized carbons (Fsp3) is 0.381. The van der Waals surface area contributed by atoms with Crippen LogP contribution in [0.15, 0.2) is 42.5 Å². The van der Waals surface area contributed by atoms with E-state index in [1.54, 1.807) is 37.4 Å². The highest BCUT2D eigenvalue weighted by atomic mass is 127. The van der Waals surface area contributed by atoms with Gasteiger partial charge in [-0.3, -0.25) is 9.10 Å². The number of fused-ring (bicyclic) bond motifs is 1. The molecule has 2 aromatic carbocycles. The molecule has 0 bridgehead atoms. The first-order valence-corrected chi connectivity index (χ1v) is 12.3. The second-order valence-electron chi connectivity index (χ2n) is 7.84. The van der Waals surface area contributed by atoms with Crippen LogP contribution in [0.4, 0.5) is 5.69 Å². The van der Waals surface area contributed by atoms with Gasteiger partial charge in [-0.15, -0.1) is 0 Å². The second kappa shape index (κ2) is 8.62. The molecule has 1 unspecified atom stereocenters. The molecule has 0 saturated carbocycles. The van der Waals surface area contributed by atoms with E-state index in [1.165, 1.54) is 0 Å². The first-order valence-electron chi connectivity index (χ1n) is 9.38. The Balaban J connectivity index is 1.83. The number of methoxy groups -OCH3 is 1. The highest BCUT2D eigenvalue weighted by Crippen LogP contribution is 2.41. The number of carbonyl (C=O) groups is 1. The molecule has 30 heavy (non-hydrogen) atoms. The molecule has 2 aromatic rings. The molecule has 0 aliphatic carbocycles. The van der Waals surface area contributed by atoms with Crippen LogP contribution in [-0.4, -0.2) is 39.8 Å². The van der Waals surface area contributed by atoms with E-state index in [-0.39, 0.29) is 18.5 Å². The fourth-order valence-corrected chi connectivity index (χ4v) is 4.68. The van der Waals surface area contributed by atoms with Crippen molar-refractivity contribution in [1.29, 1.82) is 0 Å². The molecule has 0 spiro atoms. The zero-order valence-electron chi connectivity index (χ0n) is 17.3. The van der Waals surface area contributed by atoms with Crippen LogP contribution in [-0.2, 0) is 14.8 Å². The molecular weight excluding hydrogens is 519 g/mol. The van der Waals surface area contributed by atoms with E-state index in [1.807, 2.05) is 26.0 Å². The summed E-state index contributed by atoms with van der Waals surface area (Å²) in [6, 6.07) is 12.2. The molecule has 3 rings (SSSR count). The second-order valence-corrected chi connectivity index (χ2v) is 11.0. The number of benzene rings is 2. The molecule has 0 aromatic heterocycles. The van der Waals surface area contributed by atoms with Crippen LogP contribution in [0.3, 0.4) is 0 Å². The molecule has 1 heterocycles. The highest BCUT2D eigenvalue weighted by molar-refractivity contribution is 14.1. The van der Waals surface area contributed by atoms with Crippen LogP contribution < -0.4 is 19.1 Å². The minimum atomic E-state index is -3.63. The van der Waals surface area contributed by atoms with Crippen LogP contribution in [0, 0.1) is 3.57 Å². The maximum atomic E-state index is 12.9. The van der Waals surface area contributed by atoms with Crippen LogP contribution in [0.2, 0.25) is 0 Å². The first kappa shape index (κ1) is 22.7. The monoisotopic (exact) mass is 544 g/mol. The predicted octanol–water partition coefficient (Wildman–Crippen LogP) is 3.48. The Morgan fingerprint density at radius 2 is 1.93 bits per heavy atom. The van der Waals surface area contributed by atoms with E-state index in [0.717, 1.165) is 19.7 Å². The Bertz CT molecular complexity index is 1040. The molecule has 0 fully saturated rings. The number of anilines is 1. The molecule has 162 valence electrons. The highest BCUT2D eigenvalue weighted by Gasteiger charge is 2.35. The van der Waals surface area contributed by atoms with Gasteiger partial charge in [-0.25, -0.2) is 8.42 Å². The van der Waals surface area contributed by atoms with Gasteiger partial charge in [-0.2, -0.15) is 0 Å². The van der Waals surface area contributed by atoms with Crippen molar-refractivity contribution < 1.29 is 22.7 Å². The molecule has 0 saturated heterocycles. The number of nitrogens with one attached hydrogen (secondary N) is 1. The van der Waals surface area contributed by atoms with Crippen LogP contribution >= 0.6 is 22.6 Å². The standard InChI is InChI=1S/C21H25IN2O5S/c1-21(2)12-18(17-10-9-16(28-3)11-19(17)29-21)23-20(25)13-24(30(4,26)27)15-7-5-14(22)6-8-15/h5-11,18H,12-13H2,1-4H3,(H,23,25).